The van der Waals surface area contributed by atoms with Crippen LogP contribution >= 0.6 is 0 Å². The fraction of sp³-hybridized carbons (Fsp3) is 0.833. The van der Waals surface area contributed by atoms with E-state index in [1.54, 1.807) is 7.11 Å². The smallest absolute Gasteiger partial charge is 0.0467 e. The van der Waals surface area contributed by atoms with Crippen molar-refractivity contribution in [3.8, 4) is 0 Å². The Hall–Kier alpha value is -0.340. The summed E-state index contributed by atoms with van der Waals surface area (Å²) in [5.41, 5.74) is 1.58. The van der Waals surface area contributed by atoms with Gasteiger partial charge in [0.1, 0.15) is 0 Å². The molecule has 0 aromatic carbocycles. The van der Waals surface area contributed by atoms with Gasteiger partial charge in [0, 0.05) is 26.8 Å². The minimum Gasteiger partial charge on any atom is -0.385 e. The Morgan fingerprint density at radius 3 is 2.57 bits per heavy atom. The van der Waals surface area contributed by atoms with E-state index in [0.29, 0.717) is 5.41 Å². The lowest BCUT2D eigenvalue weighted by Crippen LogP contribution is -2.31. The molecular weight excluding hydrogens is 174 g/mol. The lowest BCUT2D eigenvalue weighted by atomic mass is 9.89. The van der Waals surface area contributed by atoms with Crippen LogP contribution in [0.25, 0.3) is 0 Å². The van der Waals surface area contributed by atoms with Crippen molar-refractivity contribution in [3.05, 3.63) is 12.2 Å². The molecule has 2 heteroatoms. The first-order valence-corrected chi connectivity index (χ1v) is 5.38. The van der Waals surface area contributed by atoms with Gasteiger partial charge in [0.2, 0.25) is 0 Å². The van der Waals surface area contributed by atoms with Gasteiger partial charge in [0.15, 0.2) is 0 Å². The second kappa shape index (κ2) is 7.02. The molecular formula is C12H25NO. The molecule has 0 bridgehead atoms. The van der Waals surface area contributed by atoms with Crippen LogP contribution in [0.2, 0.25) is 0 Å². The average molecular weight is 199 g/mol. The number of rotatable bonds is 8. The zero-order chi connectivity index (χ0) is 11.0. The van der Waals surface area contributed by atoms with Crippen LogP contribution in [0.3, 0.4) is 0 Å². The molecule has 0 unspecified atom stereocenters. The fourth-order valence-corrected chi connectivity index (χ4v) is 1.17. The van der Waals surface area contributed by atoms with Gasteiger partial charge in [0.05, 0.1) is 0 Å². The SMILES string of the molecule is C=C(CC)CNCC(C)(C)CCOC. The predicted octanol–water partition coefficient (Wildman–Crippen LogP) is 2.60. The summed E-state index contributed by atoms with van der Waals surface area (Å²) >= 11 is 0. The van der Waals surface area contributed by atoms with E-state index >= 15 is 0 Å². The highest BCUT2D eigenvalue weighted by atomic mass is 16.5. The molecule has 14 heavy (non-hydrogen) atoms. The minimum atomic E-state index is 0.310. The van der Waals surface area contributed by atoms with E-state index in [2.05, 4.69) is 32.7 Å². The highest BCUT2D eigenvalue weighted by Crippen LogP contribution is 2.18. The quantitative estimate of drug-likeness (QED) is 0.607. The molecule has 0 fully saturated rings. The average Bonchev–Trinajstić information content (AvgIpc) is 2.14. The second-order valence-electron chi connectivity index (χ2n) is 4.61. The van der Waals surface area contributed by atoms with E-state index in [4.69, 9.17) is 4.74 Å². The lowest BCUT2D eigenvalue weighted by molar-refractivity contribution is 0.151. The van der Waals surface area contributed by atoms with Crippen molar-refractivity contribution in [3.63, 3.8) is 0 Å². The molecule has 2 nitrogen and oxygen atoms in total. The normalized spacial score (nSPS) is 11.7. The van der Waals surface area contributed by atoms with Crippen LogP contribution in [0.15, 0.2) is 12.2 Å². The summed E-state index contributed by atoms with van der Waals surface area (Å²) in [7, 11) is 1.75. The molecule has 84 valence electrons. The molecule has 0 spiro atoms. The topological polar surface area (TPSA) is 21.3 Å². The van der Waals surface area contributed by atoms with Crippen LogP contribution in [0.5, 0.6) is 0 Å². The van der Waals surface area contributed by atoms with Gasteiger partial charge in [-0.15, -0.1) is 0 Å². The Balaban J connectivity index is 3.59. The highest BCUT2D eigenvalue weighted by molar-refractivity contribution is 4.95. The van der Waals surface area contributed by atoms with E-state index in [-0.39, 0.29) is 0 Å². The molecule has 0 aliphatic rings. The summed E-state index contributed by atoms with van der Waals surface area (Å²) < 4.78 is 5.08. The lowest BCUT2D eigenvalue weighted by Gasteiger charge is -2.24. The van der Waals surface area contributed by atoms with Gasteiger partial charge < -0.3 is 10.1 Å². The second-order valence-corrected chi connectivity index (χ2v) is 4.61. The van der Waals surface area contributed by atoms with Crippen LogP contribution in [0.1, 0.15) is 33.6 Å². The van der Waals surface area contributed by atoms with Crippen molar-refractivity contribution in [2.45, 2.75) is 33.6 Å². The van der Waals surface area contributed by atoms with Crippen LogP contribution < -0.4 is 5.32 Å². The van der Waals surface area contributed by atoms with Gasteiger partial charge in [0.25, 0.3) is 0 Å². The summed E-state index contributed by atoms with van der Waals surface area (Å²) in [5, 5.41) is 3.43. The van der Waals surface area contributed by atoms with Gasteiger partial charge in [-0.05, 0) is 18.3 Å². The molecule has 0 aliphatic heterocycles. The monoisotopic (exact) mass is 199 g/mol. The molecule has 0 heterocycles. The highest BCUT2D eigenvalue weighted by Gasteiger charge is 2.16. The van der Waals surface area contributed by atoms with Gasteiger partial charge in [-0.3, -0.25) is 0 Å². The first-order chi connectivity index (χ1) is 6.52. The molecule has 0 rings (SSSR count). The Morgan fingerprint density at radius 2 is 2.07 bits per heavy atom. The van der Waals surface area contributed by atoms with Gasteiger partial charge >= 0.3 is 0 Å². The van der Waals surface area contributed by atoms with Crippen LogP contribution in [0.4, 0.5) is 0 Å². The molecule has 0 saturated heterocycles. The van der Waals surface area contributed by atoms with Gasteiger partial charge in [-0.2, -0.15) is 0 Å². The van der Waals surface area contributed by atoms with Gasteiger partial charge in [-0.1, -0.05) is 32.9 Å². The first kappa shape index (κ1) is 13.7. The molecule has 0 aliphatic carbocycles. The van der Waals surface area contributed by atoms with E-state index < -0.39 is 0 Å². The Kier molecular flexibility index (Phi) is 6.85. The third-order valence-corrected chi connectivity index (χ3v) is 2.46. The number of ether oxygens (including phenoxy) is 1. The fourth-order valence-electron chi connectivity index (χ4n) is 1.17. The molecule has 0 amide bonds. The number of methoxy groups -OCH3 is 1. The van der Waals surface area contributed by atoms with E-state index in [9.17, 15) is 0 Å². The molecule has 0 saturated carbocycles. The maximum atomic E-state index is 5.08. The Labute approximate surface area is 88.7 Å². The number of hydrogen-bond acceptors (Lipinski definition) is 2. The summed E-state index contributed by atoms with van der Waals surface area (Å²) in [6, 6.07) is 0. The van der Waals surface area contributed by atoms with Crippen molar-refractivity contribution in [1.82, 2.24) is 5.32 Å². The number of nitrogens with one attached hydrogen (secondary N) is 1. The van der Waals surface area contributed by atoms with Crippen molar-refractivity contribution in [2.75, 3.05) is 26.8 Å². The van der Waals surface area contributed by atoms with Crippen molar-refractivity contribution in [2.24, 2.45) is 5.41 Å². The molecule has 0 aromatic rings. The predicted molar refractivity (Wildman–Crippen MR) is 62.6 cm³/mol. The van der Waals surface area contributed by atoms with Crippen LogP contribution in [-0.2, 0) is 4.74 Å². The van der Waals surface area contributed by atoms with E-state index in [1.165, 1.54) is 5.57 Å². The first-order valence-electron chi connectivity index (χ1n) is 5.38. The minimum absolute atomic E-state index is 0.310. The van der Waals surface area contributed by atoms with Crippen LogP contribution in [-0.4, -0.2) is 26.8 Å². The largest absolute Gasteiger partial charge is 0.385 e. The maximum Gasteiger partial charge on any atom is 0.0467 e. The summed E-state index contributed by atoms with van der Waals surface area (Å²) in [6.45, 7) is 13.4. The Morgan fingerprint density at radius 1 is 1.43 bits per heavy atom. The molecule has 0 radical (unpaired) electrons. The maximum absolute atomic E-state index is 5.08. The number of hydrogen-bond donors (Lipinski definition) is 1. The molecule has 0 atom stereocenters. The molecule has 0 aromatic heterocycles. The summed E-state index contributed by atoms with van der Waals surface area (Å²) in [4.78, 5) is 0. The van der Waals surface area contributed by atoms with Crippen molar-refractivity contribution >= 4 is 0 Å². The van der Waals surface area contributed by atoms with Gasteiger partial charge in [-0.25, -0.2) is 0 Å². The standard InChI is InChI=1S/C12H25NO/c1-6-11(2)9-13-10-12(3,4)7-8-14-5/h13H,2,6-10H2,1,3-5H3. The third kappa shape index (κ3) is 7.10. The summed E-state index contributed by atoms with van der Waals surface area (Å²) in [6.07, 6.45) is 2.15. The van der Waals surface area contributed by atoms with Crippen molar-refractivity contribution < 1.29 is 4.74 Å². The van der Waals surface area contributed by atoms with Crippen LogP contribution in [0, 0.1) is 5.41 Å². The zero-order valence-corrected chi connectivity index (χ0v) is 10.2. The Bertz CT molecular complexity index is 164. The van der Waals surface area contributed by atoms with Crippen molar-refractivity contribution in [1.29, 1.82) is 0 Å². The zero-order valence-electron chi connectivity index (χ0n) is 10.2. The summed E-state index contributed by atoms with van der Waals surface area (Å²) in [5.74, 6) is 0. The third-order valence-electron chi connectivity index (χ3n) is 2.46. The van der Waals surface area contributed by atoms with E-state index in [1.807, 2.05) is 0 Å². The molecule has 1 N–H and O–H groups in total. The van der Waals surface area contributed by atoms with E-state index in [0.717, 1.165) is 32.5 Å².